The van der Waals surface area contributed by atoms with Crippen LogP contribution in [0.5, 0.6) is 5.75 Å². The molecule has 7 nitrogen and oxygen atoms in total. The monoisotopic (exact) mass is 278 g/mol. The maximum atomic E-state index is 11.6. The van der Waals surface area contributed by atoms with Crippen LogP contribution in [0.1, 0.15) is 18.9 Å². The Balaban J connectivity index is 2.84. The predicted molar refractivity (Wildman–Crippen MR) is 74.6 cm³/mol. The number of azide groups is 1. The Morgan fingerprint density at radius 3 is 2.95 bits per heavy atom. The smallest absolute Gasteiger partial charge is 0.328 e. The number of benzene rings is 1. The first kappa shape index (κ1) is 15.8. The summed E-state index contributed by atoms with van der Waals surface area (Å²) in [5.41, 5.74) is 7.57. The quantitative estimate of drug-likeness (QED) is 0.329. The van der Waals surface area contributed by atoms with Crippen molar-refractivity contribution in [2.45, 2.75) is 18.9 Å². The Morgan fingerprint density at radius 1 is 1.60 bits per heavy atom. The summed E-state index contributed by atoms with van der Waals surface area (Å²) in [5, 5.41) is 15.9. The lowest BCUT2D eigenvalue weighted by Crippen LogP contribution is -2.47. The third kappa shape index (κ3) is 3.88. The van der Waals surface area contributed by atoms with Crippen LogP contribution in [0, 0.1) is 0 Å². The van der Waals surface area contributed by atoms with Crippen LogP contribution in [0.2, 0.25) is 0 Å². The number of rotatable bonds is 8. The van der Waals surface area contributed by atoms with Crippen molar-refractivity contribution in [1.29, 1.82) is 0 Å². The van der Waals surface area contributed by atoms with Crippen molar-refractivity contribution in [2.24, 2.45) is 5.11 Å². The van der Waals surface area contributed by atoms with Gasteiger partial charge in [-0.05, 0) is 43.1 Å². The maximum absolute atomic E-state index is 11.6. The lowest BCUT2D eigenvalue weighted by molar-refractivity contribution is -0.144. The molecule has 1 unspecified atom stereocenters. The van der Waals surface area contributed by atoms with E-state index >= 15 is 0 Å². The van der Waals surface area contributed by atoms with Gasteiger partial charge < -0.3 is 9.84 Å². The van der Waals surface area contributed by atoms with Crippen LogP contribution in [0.25, 0.3) is 10.4 Å². The molecule has 2 N–H and O–H groups in total. The number of nitrogens with one attached hydrogen (secondary N) is 1. The topological polar surface area (TPSA) is 107 Å². The molecule has 0 radical (unpaired) electrons. The third-order valence-corrected chi connectivity index (χ3v) is 3.05. The highest BCUT2D eigenvalue weighted by Crippen LogP contribution is 2.24. The van der Waals surface area contributed by atoms with Gasteiger partial charge in [0.05, 0.1) is 7.11 Å². The molecule has 7 heteroatoms. The third-order valence-electron chi connectivity index (χ3n) is 3.05. The van der Waals surface area contributed by atoms with E-state index in [-0.39, 0.29) is 0 Å². The Morgan fingerprint density at radius 2 is 2.35 bits per heavy atom. The van der Waals surface area contributed by atoms with Gasteiger partial charge in [0, 0.05) is 11.5 Å². The number of methoxy groups -OCH3 is 1. The molecule has 0 saturated carbocycles. The lowest BCUT2D eigenvalue weighted by Gasteiger charge is -2.27. The van der Waals surface area contributed by atoms with Crippen LogP contribution in [0.3, 0.4) is 0 Å². The van der Waals surface area contributed by atoms with Crippen molar-refractivity contribution in [3.63, 3.8) is 0 Å². The number of hydrogen-bond acceptors (Lipinski definition) is 4. The summed E-state index contributed by atoms with van der Waals surface area (Å²) in [6.07, 6.45) is 0.566. The van der Waals surface area contributed by atoms with Gasteiger partial charge in [0.2, 0.25) is 0 Å². The van der Waals surface area contributed by atoms with Crippen molar-refractivity contribution in [1.82, 2.24) is 5.32 Å². The normalized spacial score (nSPS) is 13.1. The van der Waals surface area contributed by atoms with Crippen molar-refractivity contribution < 1.29 is 14.6 Å². The van der Waals surface area contributed by atoms with Gasteiger partial charge in [-0.1, -0.05) is 17.2 Å². The van der Waals surface area contributed by atoms with E-state index in [0.717, 1.165) is 0 Å². The molecule has 0 aliphatic rings. The zero-order chi connectivity index (χ0) is 15.0. The molecule has 20 heavy (non-hydrogen) atoms. The Labute approximate surface area is 117 Å². The minimum Gasteiger partial charge on any atom is -0.497 e. The minimum absolute atomic E-state index is 0.331. The van der Waals surface area contributed by atoms with Crippen molar-refractivity contribution >= 4 is 5.97 Å². The highest BCUT2D eigenvalue weighted by Gasteiger charge is 2.34. The molecule has 1 atom stereocenters. The molecule has 0 fully saturated rings. The second kappa shape index (κ2) is 7.37. The highest BCUT2D eigenvalue weighted by molar-refractivity contribution is 5.80. The molecule has 0 amide bonds. The molecule has 1 rings (SSSR count). The first-order valence-corrected chi connectivity index (χ1v) is 6.18. The number of aliphatic carboxylic acids is 1. The molecule has 0 heterocycles. The van der Waals surface area contributed by atoms with Gasteiger partial charge >= 0.3 is 5.97 Å². The standard InChI is InChI=1S/C13H18N4O3/c1-13(12(18)19,15-7-4-8-16-17-14)10-5-3-6-11(9-10)20-2/h3,5-6,9,15H,4,7-8H2,1-2H3,(H,18,19). The molecule has 0 aliphatic carbocycles. The van der Waals surface area contributed by atoms with Gasteiger partial charge in [0.1, 0.15) is 11.3 Å². The summed E-state index contributed by atoms with van der Waals surface area (Å²) in [6.45, 7) is 2.36. The summed E-state index contributed by atoms with van der Waals surface area (Å²) in [5.74, 6) is -0.375. The van der Waals surface area contributed by atoms with Crippen LogP contribution in [-0.4, -0.2) is 31.3 Å². The Bertz CT molecular complexity index is 514. The van der Waals surface area contributed by atoms with Crippen molar-refractivity contribution in [2.75, 3.05) is 20.2 Å². The lowest BCUT2D eigenvalue weighted by atomic mass is 9.91. The van der Waals surface area contributed by atoms with E-state index in [4.69, 9.17) is 10.3 Å². The molecular weight excluding hydrogens is 260 g/mol. The summed E-state index contributed by atoms with van der Waals surface area (Å²) < 4.78 is 5.11. The largest absolute Gasteiger partial charge is 0.497 e. The average molecular weight is 278 g/mol. The second-order valence-electron chi connectivity index (χ2n) is 4.40. The first-order valence-electron chi connectivity index (χ1n) is 6.18. The van der Waals surface area contributed by atoms with E-state index in [9.17, 15) is 9.90 Å². The van der Waals surface area contributed by atoms with Crippen LogP contribution >= 0.6 is 0 Å². The van der Waals surface area contributed by atoms with Crippen LogP contribution in [-0.2, 0) is 10.3 Å². The molecule has 108 valence electrons. The predicted octanol–water partition coefficient (Wildman–Crippen LogP) is 2.29. The maximum Gasteiger partial charge on any atom is 0.328 e. The van der Waals surface area contributed by atoms with E-state index < -0.39 is 11.5 Å². The van der Waals surface area contributed by atoms with Crippen LogP contribution in [0.4, 0.5) is 0 Å². The van der Waals surface area contributed by atoms with Gasteiger partial charge in [-0.2, -0.15) is 0 Å². The van der Waals surface area contributed by atoms with Crippen molar-refractivity contribution in [3.8, 4) is 5.75 Å². The second-order valence-corrected chi connectivity index (χ2v) is 4.40. The van der Waals surface area contributed by atoms with Crippen molar-refractivity contribution in [3.05, 3.63) is 40.3 Å². The minimum atomic E-state index is -1.22. The Hall–Kier alpha value is -2.24. The molecule has 0 bridgehead atoms. The molecule has 0 saturated heterocycles. The van der Waals surface area contributed by atoms with Gasteiger partial charge in [-0.25, -0.2) is 4.79 Å². The van der Waals surface area contributed by atoms with Gasteiger partial charge in [0.25, 0.3) is 0 Å². The number of carboxylic acid groups (broad SMARTS) is 1. The molecule has 0 spiro atoms. The van der Waals surface area contributed by atoms with Crippen LogP contribution < -0.4 is 10.1 Å². The van der Waals surface area contributed by atoms with E-state index in [2.05, 4.69) is 15.3 Å². The zero-order valence-electron chi connectivity index (χ0n) is 11.5. The Kier molecular flexibility index (Phi) is 5.83. The zero-order valence-corrected chi connectivity index (χ0v) is 11.5. The van der Waals surface area contributed by atoms with Gasteiger partial charge in [-0.3, -0.25) is 5.32 Å². The summed E-state index contributed by atoms with van der Waals surface area (Å²) in [6, 6.07) is 6.93. The highest BCUT2D eigenvalue weighted by atomic mass is 16.5. The summed E-state index contributed by atoms with van der Waals surface area (Å²) in [7, 11) is 1.53. The fourth-order valence-electron chi connectivity index (χ4n) is 1.77. The fraction of sp³-hybridized carbons (Fsp3) is 0.462. The molecular formula is C13H18N4O3. The number of carboxylic acids is 1. The number of hydrogen-bond donors (Lipinski definition) is 2. The van der Waals surface area contributed by atoms with E-state index in [1.165, 1.54) is 7.11 Å². The first-order chi connectivity index (χ1) is 9.54. The molecule has 0 aromatic heterocycles. The summed E-state index contributed by atoms with van der Waals surface area (Å²) in [4.78, 5) is 14.2. The average Bonchev–Trinajstić information content (AvgIpc) is 2.46. The molecule has 1 aromatic rings. The molecule has 0 aliphatic heterocycles. The SMILES string of the molecule is COc1cccc(C(C)(NCCCN=[N+]=[N-])C(=O)O)c1. The fourth-order valence-corrected chi connectivity index (χ4v) is 1.77. The van der Waals surface area contributed by atoms with Gasteiger partial charge in [-0.15, -0.1) is 0 Å². The summed E-state index contributed by atoms with van der Waals surface area (Å²) >= 11 is 0. The number of ether oxygens (including phenoxy) is 1. The van der Waals surface area contributed by atoms with E-state index in [1.54, 1.807) is 31.2 Å². The van der Waals surface area contributed by atoms with E-state index in [0.29, 0.717) is 30.8 Å². The number of carbonyl (C=O) groups is 1. The van der Waals surface area contributed by atoms with E-state index in [1.807, 2.05) is 0 Å². The number of nitrogens with zero attached hydrogens (tertiary/aromatic N) is 3. The molecule has 1 aromatic carbocycles. The van der Waals surface area contributed by atoms with Gasteiger partial charge in [0.15, 0.2) is 0 Å². The van der Waals surface area contributed by atoms with Crippen LogP contribution in [0.15, 0.2) is 29.4 Å².